The molecule has 0 spiro atoms. The van der Waals surface area contributed by atoms with Crippen LogP contribution >= 0.6 is 15.9 Å². The molecule has 0 N–H and O–H groups in total. The van der Waals surface area contributed by atoms with Gasteiger partial charge in [0.15, 0.2) is 0 Å². The quantitative estimate of drug-likeness (QED) is 0.624. The van der Waals surface area contributed by atoms with Crippen molar-refractivity contribution in [2.75, 3.05) is 19.0 Å². The third kappa shape index (κ3) is 9.87. The van der Waals surface area contributed by atoms with E-state index < -0.39 is 0 Å². The first-order valence-electron chi connectivity index (χ1n) is 5.32. The summed E-state index contributed by atoms with van der Waals surface area (Å²) in [7, 11) is 1.68. The highest BCUT2D eigenvalue weighted by atomic mass is 79.9. The summed E-state index contributed by atoms with van der Waals surface area (Å²) in [6, 6.07) is 7.51. The summed E-state index contributed by atoms with van der Waals surface area (Å²) >= 11 is 3.18. The van der Waals surface area contributed by atoms with Crippen LogP contribution in [0.3, 0.4) is 0 Å². The maximum absolute atomic E-state index is 10.2. The van der Waals surface area contributed by atoms with Gasteiger partial charge in [0, 0.05) is 18.0 Å². The zero-order valence-electron chi connectivity index (χ0n) is 10.5. The van der Waals surface area contributed by atoms with Crippen LogP contribution in [0.1, 0.15) is 29.8 Å². The fourth-order valence-electron chi connectivity index (χ4n) is 0.796. The second kappa shape index (κ2) is 14.3. The zero-order valence-corrected chi connectivity index (χ0v) is 12.1. The SMILES string of the molecule is CC.COCCBr.Cc1ccccc1C=O. The molecule has 3 heteroatoms. The molecule has 1 aromatic rings. The molecule has 1 rings (SSSR count). The lowest BCUT2D eigenvalue weighted by atomic mass is 10.1. The molecule has 16 heavy (non-hydrogen) atoms. The molecule has 0 aliphatic rings. The van der Waals surface area contributed by atoms with Crippen molar-refractivity contribution in [3.05, 3.63) is 35.4 Å². The highest BCUT2D eigenvalue weighted by Crippen LogP contribution is 2.02. The van der Waals surface area contributed by atoms with Gasteiger partial charge in [-0.25, -0.2) is 0 Å². The Morgan fingerprint density at radius 3 is 2.12 bits per heavy atom. The Hall–Kier alpha value is -0.670. The van der Waals surface area contributed by atoms with Crippen LogP contribution in [0.25, 0.3) is 0 Å². The molecule has 0 unspecified atom stereocenters. The Labute approximate surface area is 107 Å². The molecule has 1 aromatic carbocycles. The van der Waals surface area contributed by atoms with Gasteiger partial charge in [0.2, 0.25) is 0 Å². The lowest BCUT2D eigenvalue weighted by Gasteiger charge is -1.92. The van der Waals surface area contributed by atoms with Gasteiger partial charge in [-0.15, -0.1) is 0 Å². The van der Waals surface area contributed by atoms with Gasteiger partial charge >= 0.3 is 0 Å². The molecule has 0 fully saturated rings. The Morgan fingerprint density at radius 2 is 1.88 bits per heavy atom. The molecule has 0 bridgehead atoms. The predicted molar refractivity (Wildman–Crippen MR) is 73.6 cm³/mol. The van der Waals surface area contributed by atoms with E-state index in [0.29, 0.717) is 0 Å². The van der Waals surface area contributed by atoms with Crippen LogP contribution in [0, 0.1) is 6.92 Å². The number of carbonyl (C=O) groups excluding carboxylic acids is 1. The maximum Gasteiger partial charge on any atom is 0.150 e. The number of aryl methyl sites for hydroxylation is 1. The topological polar surface area (TPSA) is 26.3 Å². The monoisotopic (exact) mass is 288 g/mol. The minimum absolute atomic E-state index is 0.775. The number of rotatable bonds is 3. The van der Waals surface area contributed by atoms with E-state index in [1.54, 1.807) is 7.11 Å². The van der Waals surface area contributed by atoms with Gasteiger partial charge in [0.1, 0.15) is 6.29 Å². The average molecular weight is 289 g/mol. The van der Waals surface area contributed by atoms with E-state index in [2.05, 4.69) is 20.7 Å². The molecule has 92 valence electrons. The lowest BCUT2D eigenvalue weighted by molar-refractivity contribution is 0.112. The number of aldehydes is 1. The van der Waals surface area contributed by atoms with Crippen molar-refractivity contribution in [1.29, 1.82) is 0 Å². The van der Waals surface area contributed by atoms with E-state index in [1.165, 1.54) is 0 Å². The third-order valence-corrected chi connectivity index (χ3v) is 1.92. The predicted octanol–water partition coefficient (Wildman–Crippen LogP) is 3.86. The molecule has 2 nitrogen and oxygen atoms in total. The molecule has 0 saturated heterocycles. The van der Waals surface area contributed by atoms with Crippen molar-refractivity contribution in [1.82, 2.24) is 0 Å². The molecule has 0 aromatic heterocycles. The molecular weight excluding hydrogens is 268 g/mol. The van der Waals surface area contributed by atoms with E-state index >= 15 is 0 Å². The third-order valence-electron chi connectivity index (χ3n) is 1.60. The van der Waals surface area contributed by atoms with Gasteiger partial charge in [-0.3, -0.25) is 4.79 Å². The van der Waals surface area contributed by atoms with Crippen molar-refractivity contribution < 1.29 is 9.53 Å². The van der Waals surface area contributed by atoms with Crippen LogP contribution in [0.4, 0.5) is 0 Å². The fourth-order valence-corrected chi connectivity index (χ4v) is 1.12. The maximum atomic E-state index is 10.2. The fraction of sp³-hybridized carbons (Fsp3) is 0.462. The first kappa shape index (κ1) is 17.7. The van der Waals surface area contributed by atoms with Crippen LogP contribution in [-0.4, -0.2) is 25.3 Å². The van der Waals surface area contributed by atoms with Gasteiger partial charge in [0.05, 0.1) is 6.61 Å². The van der Waals surface area contributed by atoms with Crippen molar-refractivity contribution >= 4 is 22.2 Å². The highest BCUT2D eigenvalue weighted by Gasteiger charge is 1.90. The summed E-state index contributed by atoms with van der Waals surface area (Å²) < 4.78 is 4.64. The number of benzene rings is 1. The molecule has 0 heterocycles. The second-order valence-corrected chi connectivity index (χ2v) is 3.45. The summed E-state index contributed by atoms with van der Waals surface area (Å²) in [5.41, 5.74) is 1.81. The van der Waals surface area contributed by atoms with Crippen LogP contribution < -0.4 is 0 Å². The van der Waals surface area contributed by atoms with Gasteiger partial charge < -0.3 is 4.74 Å². The largest absolute Gasteiger partial charge is 0.384 e. The van der Waals surface area contributed by atoms with E-state index in [-0.39, 0.29) is 0 Å². The zero-order chi connectivity index (χ0) is 12.8. The highest BCUT2D eigenvalue weighted by molar-refractivity contribution is 9.09. The van der Waals surface area contributed by atoms with E-state index in [4.69, 9.17) is 0 Å². The average Bonchev–Trinajstić information content (AvgIpc) is 2.34. The first-order valence-corrected chi connectivity index (χ1v) is 6.44. The number of hydrogen-bond acceptors (Lipinski definition) is 2. The molecule has 0 aliphatic carbocycles. The number of methoxy groups -OCH3 is 1. The standard InChI is InChI=1S/C8H8O.C3H7BrO.C2H6/c1-7-4-2-3-5-8(7)6-9;1-5-3-2-4;1-2/h2-6H,1H3;2-3H2,1H3;1-2H3. The normalized spacial score (nSPS) is 8.06. The van der Waals surface area contributed by atoms with Crippen molar-refractivity contribution in [2.45, 2.75) is 20.8 Å². The summed E-state index contributed by atoms with van der Waals surface area (Å²) in [6.45, 7) is 6.73. The van der Waals surface area contributed by atoms with Crippen LogP contribution in [0.5, 0.6) is 0 Å². The molecule has 0 aliphatic heterocycles. The first-order chi connectivity index (χ1) is 7.76. The summed E-state index contributed by atoms with van der Waals surface area (Å²) in [6.07, 6.45) is 0.870. The van der Waals surface area contributed by atoms with Crippen molar-refractivity contribution in [3.8, 4) is 0 Å². The number of ether oxygens (including phenoxy) is 1. The smallest absolute Gasteiger partial charge is 0.150 e. The van der Waals surface area contributed by atoms with E-state index in [1.807, 2.05) is 45.0 Å². The molecule has 0 amide bonds. The van der Waals surface area contributed by atoms with Gasteiger partial charge in [-0.2, -0.15) is 0 Å². The minimum Gasteiger partial charge on any atom is -0.384 e. The van der Waals surface area contributed by atoms with Crippen LogP contribution in [0.2, 0.25) is 0 Å². The summed E-state index contributed by atoms with van der Waals surface area (Å²) in [5.74, 6) is 0. The Kier molecular flexibility index (Phi) is 15.9. The Morgan fingerprint density at radius 1 is 1.31 bits per heavy atom. The van der Waals surface area contributed by atoms with Gasteiger partial charge in [0.25, 0.3) is 0 Å². The van der Waals surface area contributed by atoms with Crippen LogP contribution in [0.15, 0.2) is 24.3 Å². The molecule has 0 radical (unpaired) electrons. The number of hydrogen-bond donors (Lipinski definition) is 0. The number of alkyl halides is 1. The Balaban J connectivity index is 0. The minimum atomic E-state index is 0.775. The van der Waals surface area contributed by atoms with Gasteiger partial charge in [-0.1, -0.05) is 54.0 Å². The van der Waals surface area contributed by atoms with Crippen molar-refractivity contribution in [3.63, 3.8) is 0 Å². The second-order valence-electron chi connectivity index (χ2n) is 2.66. The van der Waals surface area contributed by atoms with Crippen LogP contribution in [-0.2, 0) is 4.74 Å². The molecular formula is C13H21BrO2. The van der Waals surface area contributed by atoms with Crippen molar-refractivity contribution in [2.24, 2.45) is 0 Å². The summed E-state index contributed by atoms with van der Waals surface area (Å²) in [4.78, 5) is 10.2. The Bertz CT molecular complexity index is 260. The van der Waals surface area contributed by atoms with E-state index in [0.717, 1.165) is 29.4 Å². The summed E-state index contributed by atoms with van der Waals surface area (Å²) in [5, 5.41) is 0.934. The molecule has 0 saturated carbocycles. The van der Waals surface area contributed by atoms with Gasteiger partial charge in [-0.05, 0) is 12.5 Å². The number of halogens is 1. The van der Waals surface area contributed by atoms with E-state index in [9.17, 15) is 4.79 Å². The number of carbonyl (C=O) groups is 1. The lowest BCUT2D eigenvalue weighted by Crippen LogP contribution is -1.85. The molecule has 0 atom stereocenters.